The smallest absolute Gasteiger partial charge is 0.252 e. The van der Waals surface area contributed by atoms with Crippen LogP contribution in [-0.4, -0.2) is 41.9 Å². The summed E-state index contributed by atoms with van der Waals surface area (Å²) in [4.78, 5) is 18.1. The number of rotatable bonds is 9. The first-order valence-corrected chi connectivity index (χ1v) is 11.1. The monoisotopic (exact) mass is 444 g/mol. The third-order valence-corrected chi connectivity index (χ3v) is 5.60. The Morgan fingerprint density at radius 2 is 1.82 bits per heavy atom. The zero-order chi connectivity index (χ0) is 23.2. The van der Waals surface area contributed by atoms with Crippen molar-refractivity contribution in [2.24, 2.45) is 0 Å². The molecule has 7 heteroatoms. The highest BCUT2D eigenvalue weighted by Crippen LogP contribution is 2.34. The van der Waals surface area contributed by atoms with E-state index in [4.69, 9.17) is 14.5 Å². The van der Waals surface area contributed by atoms with Gasteiger partial charge in [0.1, 0.15) is 11.5 Å². The van der Waals surface area contributed by atoms with Crippen LogP contribution in [0.4, 0.5) is 0 Å². The van der Waals surface area contributed by atoms with E-state index in [9.17, 15) is 4.79 Å². The second-order valence-electron chi connectivity index (χ2n) is 7.74. The molecule has 2 N–H and O–H groups in total. The van der Waals surface area contributed by atoms with Gasteiger partial charge in [0.15, 0.2) is 5.65 Å². The van der Waals surface area contributed by atoms with Crippen molar-refractivity contribution in [3.63, 3.8) is 0 Å². The third-order valence-electron chi connectivity index (χ3n) is 5.60. The van der Waals surface area contributed by atoms with Gasteiger partial charge in [0, 0.05) is 17.7 Å². The first-order chi connectivity index (χ1) is 16.2. The number of amides is 1. The number of aromatic amines is 1. The number of aromatic nitrogens is 3. The fraction of sp³-hybridized carbons (Fsp3) is 0.269. The van der Waals surface area contributed by atoms with E-state index in [1.54, 1.807) is 14.2 Å². The number of ether oxygens (including phenoxy) is 2. The number of hydrogen-bond donors (Lipinski definition) is 2. The van der Waals surface area contributed by atoms with Crippen molar-refractivity contribution in [3.8, 4) is 34.0 Å². The Balaban J connectivity index is 1.84. The van der Waals surface area contributed by atoms with E-state index in [0.717, 1.165) is 41.8 Å². The summed E-state index contributed by atoms with van der Waals surface area (Å²) in [5, 5.41) is 11.3. The summed E-state index contributed by atoms with van der Waals surface area (Å²) < 4.78 is 10.8. The molecule has 0 aliphatic rings. The SMILES string of the molecule is CCCCCNC(=O)c1cc(-c2ccccc2OC)nc2n[nH]c(-c3ccc(OC)cc3)c12. The minimum atomic E-state index is -0.147. The minimum absolute atomic E-state index is 0.147. The number of nitrogens with zero attached hydrogens (tertiary/aromatic N) is 2. The van der Waals surface area contributed by atoms with Gasteiger partial charge >= 0.3 is 0 Å². The number of para-hydroxylation sites is 1. The van der Waals surface area contributed by atoms with Crippen LogP contribution >= 0.6 is 0 Å². The highest BCUT2D eigenvalue weighted by Gasteiger charge is 2.21. The van der Waals surface area contributed by atoms with E-state index >= 15 is 0 Å². The fourth-order valence-corrected chi connectivity index (χ4v) is 3.84. The van der Waals surface area contributed by atoms with Crippen LogP contribution in [0.2, 0.25) is 0 Å². The number of benzene rings is 2. The summed E-state index contributed by atoms with van der Waals surface area (Å²) in [6.07, 6.45) is 3.10. The largest absolute Gasteiger partial charge is 0.497 e. The first kappa shape index (κ1) is 22.3. The van der Waals surface area contributed by atoms with Gasteiger partial charge in [0.2, 0.25) is 0 Å². The van der Waals surface area contributed by atoms with Gasteiger partial charge < -0.3 is 14.8 Å². The summed E-state index contributed by atoms with van der Waals surface area (Å²) >= 11 is 0. The van der Waals surface area contributed by atoms with Crippen molar-refractivity contribution in [1.29, 1.82) is 0 Å². The zero-order valence-corrected chi connectivity index (χ0v) is 19.1. The van der Waals surface area contributed by atoms with E-state index in [1.807, 2.05) is 54.6 Å². The molecule has 2 aromatic carbocycles. The van der Waals surface area contributed by atoms with E-state index in [0.29, 0.717) is 34.6 Å². The molecule has 7 nitrogen and oxygen atoms in total. The van der Waals surface area contributed by atoms with Crippen molar-refractivity contribution >= 4 is 16.9 Å². The second-order valence-corrected chi connectivity index (χ2v) is 7.74. The van der Waals surface area contributed by atoms with Crippen molar-refractivity contribution in [2.75, 3.05) is 20.8 Å². The lowest BCUT2D eigenvalue weighted by molar-refractivity contribution is 0.0954. The van der Waals surface area contributed by atoms with Crippen LogP contribution in [0.3, 0.4) is 0 Å². The number of carbonyl (C=O) groups excluding carboxylic acids is 1. The average molecular weight is 445 g/mol. The molecule has 0 bridgehead atoms. The minimum Gasteiger partial charge on any atom is -0.497 e. The summed E-state index contributed by atoms with van der Waals surface area (Å²) in [6, 6.07) is 17.1. The molecule has 170 valence electrons. The molecule has 2 aromatic heterocycles. The first-order valence-electron chi connectivity index (χ1n) is 11.1. The molecule has 0 saturated carbocycles. The topological polar surface area (TPSA) is 89.1 Å². The fourth-order valence-electron chi connectivity index (χ4n) is 3.84. The highest BCUT2D eigenvalue weighted by molar-refractivity contribution is 6.11. The predicted molar refractivity (Wildman–Crippen MR) is 130 cm³/mol. The molecule has 0 saturated heterocycles. The quantitative estimate of drug-likeness (QED) is 0.345. The molecule has 0 unspecified atom stereocenters. The van der Waals surface area contributed by atoms with E-state index in [2.05, 4.69) is 22.4 Å². The van der Waals surface area contributed by atoms with Gasteiger partial charge in [-0.25, -0.2) is 4.98 Å². The van der Waals surface area contributed by atoms with Crippen LogP contribution in [0.15, 0.2) is 54.6 Å². The molecule has 1 amide bonds. The lowest BCUT2D eigenvalue weighted by Gasteiger charge is -2.11. The van der Waals surface area contributed by atoms with Crippen LogP contribution in [0.25, 0.3) is 33.5 Å². The van der Waals surface area contributed by atoms with Gasteiger partial charge in [-0.15, -0.1) is 0 Å². The Hall–Kier alpha value is -3.87. The summed E-state index contributed by atoms with van der Waals surface area (Å²) in [6.45, 7) is 2.76. The van der Waals surface area contributed by atoms with E-state index in [-0.39, 0.29) is 5.91 Å². The summed E-state index contributed by atoms with van der Waals surface area (Å²) in [5.74, 6) is 1.29. The molecular formula is C26H28N4O3. The normalized spacial score (nSPS) is 10.9. The molecule has 0 aliphatic carbocycles. The van der Waals surface area contributed by atoms with Crippen LogP contribution in [0, 0.1) is 0 Å². The summed E-state index contributed by atoms with van der Waals surface area (Å²) in [7, 11) is 3.25. The molecular weight excluding hydrogens is 416 g/mol. The molecule has 0 atom stereocenters. The number of hydrogen-bond acceptors (Lipinski definition) is 5. The van der Waals surface area contributed by atoms with Gasteiger partial charge in [-0.2, -0.15) is 5.10 Å². The van der Waals surface area contributed by atoms with Crippen molar-refractivity contribution in [2.45, 2.75) is 26.2 Å². The summed E-state index contributed by atoms with van der Waals surface area (Å²) in [5.41, 5.74) is 4.07. The molecule has 4 aromatic rings. The zero-order valence-electron chi connectivity index (χ0n) is 19.1. The molecule has 0 aliphatic heterocycles. The number of methoxy groups -OCH3 is 2. The third kappa shape index (κ3) is 4.67. The maximum atomic E-state index is 13.3. The molecule has 4 rings (SSSR count). The number of pyridine rings is 1. The molecule has 0 radical (unpaired) electrons. The predicted octanol–water partition coefficient (Wildman–Crippen LogP) is 5.23. The number of H-pyrrole nitrogens is 1. The van der Waals surface area contributed by atoms with Gasteiger partial charge in [-0.3, -0.25) is 9.89 Å². The standard InChI is InChI=1S/C26H28N4O3/c1-4-5-8-15-27-26(31)20-16-21(19-9-6-7-10-22(19)33-3)28-25-23(20)24(29-30-25)17-11-13-18(32-2)14-12-17/h6-7,9-14,16H,4-5,8,15H2,1-3H3,(H,27,31)(H,28,29,30). The Labute approximate surface area is 193 Å². The van der Waals surface area contributed by atoms with Crippen molar-refractivity contribution in [1.82, 2.24) is 20.5 Å². The lowest BCUT2D eigenvalue weighted by Crippen LogP contribution is -2.24. The van der Waals surface area contributed by atoms with Crippen molar-refractivity contribution in [3.05, 3.63) is 60.2 Å². The van der Waals surface area contributed by atoms with E-state index < -0.39 is 0 Å². The maximum Gasteiger partial charge on any atom is 0.252 e. The molecule has 2 heterocycles. The Morgan fingerprint density at radius 1 is 1.03 bits per heavy atom. The van der Waals surface area contributed by atoms with Gasteiger partial charge in [-0.05, 0) is 48.9 Å². The van der Waals surface area contributed by atoms with E-state index in [1.165, 1.54) is 0 Å². The Morgan fingerprint density at radius 3 is 2.55 bits per heavy atom. The molecule has 33 heavy (non-hydrogen) atoms. The number of fused-ring (bicyclic) bond motifs is 1. The van der Waals surface area contributed by atoms with Crippen LogP contribution < -0.4 is 14.8 Å². The Bertz CT molecular complexity index is 1250. The lowest BCUT2D eigenvalue weighted by atomic mass is 10.0. The second kappa shape index (κ2) is 10.2. The van der Waals surface area contributed by atoms with Crippen LogP contribution in [0.5, 0.6) is 11.5 Å². The van der Waals surface area contributed by atoms with Gasteiger partial charge in [0.25, 0.3) is 5.91 Å². The average Bonchev–Trinajstić information content (AvgIpc) is 3.30. The van der Waals surface area contributed by atoms with Gasteiger partial charge in [-0.1, -0.05) is 31.9 Å². The highest BCUT2D eigenvalue weighted by atomic mass is 16.5. The van der Waals surface area contributed by atoms with Crippen LogP contribution in [-0.2, 0) is 0 Å². The van der Waals surface area contributed by atoms with Crippen LogP contribution in [0.1, 0.15) is 36.5 Å². The number of nitrogens with one attached hydrogen (secondary N) is 2. The maximum absolute atomic E-state index is 13.3. The molecule has 0 fully saturated rings. The number of carbonyl (C=O) groups is 1. The van der Waals surface area contributed by atoms with Gasteiger partial charge in [0.05, 0.1) is 36.6 Å². The number of unbranched alkanes of at least 4 members (excludes halogenated alkanes) is 2. The van der Waals surface area contributed by atoms with Crippen molar-refractivity contribution < 1.29 is 14.3 Å². The Kier molecular flexibility index (Phi) is 6.88. The molecule has 0 spiro atoms.